The first-order chi connectivity index (χ1) is 54.4. The Hall–Kier alpha value is -13.5. The predicted octanol–water partition coefficient (Wildman–Crippen LogP) is 20.9. The summed E-state index contributed by atoms with van der Waals surface area (Å²) in [5.74, 6) is 0. The van der Waals surface area contributed by atoms with E-state index in [-0.39, 0.29) is 25.6 Å². The summed E-state index contributed by atoms with van der Waals surface area (Å²) in [7, 11) is 0. The average Bonchev–Trinajstić information content (AvgIpc) is 1.38. The molecular formula is C99H65B3N6OS. The largest absolute Gasteiger partial charge is 0.468 e. The minimum atomic E-state index is -0.235. The summed E-state index contributed by atoms with van der Waals surface area (Å²) in [6, 6.07) is 133. The van der Waals surface area contributed by atoms with Gasteiger partial charge >= 0.3 is 0 Å². The molecule has 0 atom stereocenters. The van der Waals surface area contributed by atoms with E-state index in [1.165, 1.54) is 115 Å². The molecule has 0 radical (unpaired) electrons. The summed E-state index contributed by atoms with van der Waals surface area (Å²) in [6.07, 6.45) is 0. The normalized spacial score (nSPS) is 14.7. The number of benzene rings is 15. The first kappa shape index (κ1) is 61.7. The summed E-state index contributed by atoms with van der Waals surface area (Å²) in [4.78, 5) is 15.0. The molecule has 2 aromatic heterocycles. The minimum Gasteiger partial charge on any atom is -0.468 e. The van der Waals surface area contributed by atoms with Crippen molar-refractivity contribution in [2.45, 2.75) is 19.3 Å². The molecule has 11 heteroatoms. The lowest BCUT2D eigenvalue weighted by molar-refractivity contribution is 0.651. The number of para-hydroxylation sites is 6. The highest BCUT2D eigenvalue weighted by molar-refractivity contribution is 7.33. The monoisotopic (exact) mass is 1420 g/mol. The molecule has 7 aliphatic rings. The third kappa shape index (κ3) is 8.58. The Morgan fingerprint density at radius 3 is 1.19 bits per heavy atom. The quantitative estimate of drug-likeness (QED) is 0.140. The van der Waals surface area contributed by atoms with Gasteiger partial charge in [-0.15, -0.1) is 11.3 Å². The number of hydrogen-bond acceptors (Lipinski definition) is 8. The topological polar surface area (TPSA) is 32.6 Å². The van der Waals surface area contributed by atoms with Crippen molar-refractivity contribution in [2.24, 2.45) is 0 Å². The van der Waals surface area contributed by atoms with Crippen molar-refractivity contribution in [1.82, 2.24) is 0 Å². The number of allylic oxidation sites excluding steroid dienone is 1. The molecule has 0 unspecified atom stereocenters. The van der Waals surface area contributed by atoms with E-state index in [9.17, 15) is 0 Å². The smallest absolute Gasteiger partial charge is 0.297 e. The average molecular weight is 1420 g/mol. The third-order valence-electron chi connectivity index (χ3n) is 24.6. The Kier molecular flexibility index (Phi) is 13.0. The minimum absolute atomic E-state index is 0.0268. The van der Waals surface area contributed by atoms with E-state index in [4.69, 9.17) is 4.42 Å². The van der Waals surface area contributed by atoms with Crippen LogP contribution in [0, 0.1) is 0 Å². The summed E-state index contributed by atoms with van der Waals surface area (Å²) in [5, 5.41) is 2.38. The number of hydrogen-bond donors (Lipinski definition) is 0. The van der Waals surface area contributed by atoms with Crippen molar-refractivity contribution in [3.8, 4) is 22.3 Å². The van der Waals surface area contributed by atoms with Gasteiger partial charge in [-0.25, -0.2) is 0 Å². The van der Waals surface area contributed by atoms with Crippen molar-refractivity contribution >= 4 is 198 Å². The molecule has 110 heavy (non-hydrogen) atoms. The number of thiophene rings is 1. The lowest BCUT2D eigenvalue weighted by Gasteiger charge is -2.45. The van der Waals surface area contributed by atoms with Crippen LogP contribution < -0.4 is 72.6 Å². The summed E-state index contributed by atoms with van der Waals surface area (Å²) < 4.78 is 9.65. The molecule has 0 saturated carbocycles. The standard InChI is InChI=1S/C99H65B3N6OS/c1-99(2)75-31-12-9-28-72(75)93-96(99)100-76-32-13-16-35-79(76)103(66-24-5-3-6-25-66)82-38-21-41-85(90(82)100)106(93)70-58-50-64(51-59-70)62-48-56-69(57-49-62)105-81-37-18-15-34-78(81)102-92-84(105)40-23-43-87(92)108(95-74-30-11-20-45-89(74)110-98(95)102)71-60-52-65(53-61-71)63-46-54-68(55-47-63)104-80-36-17-14-33-77(80)101-91-83(104)39-22-42-86(91)107(67-26-7-4-8-27-67)94-73-29-10-19-44-88(73)109-97(94)101/h3-61H,1-2H3. The van der Waals surface area contributed by atoms with Crippen LogP contribution in [0.25, 0.3) is 49.0 Å². The Morgan fingerprint density at radius 1 is 0.282 bits per heavy atom. The second-order valence-corrected chi connectivity index (χ2v) is 31.6. The molecule has 0 bridgehead atoms. The highest BCUT2D eigenvalue weighted by Crippen LogP contribution is 2.57. The first-order valence-corrected chi connectivity index (χ1v) is 39.1. The molecule has 0 fully saturated rings. The van der Waals surface area contributed by atoms with E-state index in [0.717, 1.165) is 90.2 Å². The van der Waals surface area contributed by atoms with Crippen molar-refractivity contribution in [1.29, 1.82) is 0 Å². The number of furan rings is 1. The lowest BCUT2D eigenvalue weighted by Crippen LogP contribution is -2.60. The number of fused-ring (bicyclic) bond motifs is 17. The second-order valence-electron chi connectivity index (χ2n) is 30.5. The summed E-state index contributed by atoms with van der Waals surface area (Å²) in [6.45, 7) is 4.89. The molecule has 15 aromatic carbocycles. The molecule has 7 nitrogen and oxygen atoms in total. The van der Waals surface area contributed by atoms with Gasteiger partial charge in [0.15, 0.2) is 0 Å². The lowest BCUT2D eigenvalue weighted by atomic mass is 9.30. The second kappa shape index (κ2) is 23.3. The molecule has 0 saturated heterocycles. The van der Waals surface area contributed by atoms with Crippen LogP contribution in [0.4, 0.5) is 96.7 Å². The first-order valence-electron chi connectivity index (χ1n) is 38.2. The van der Waals surface area contributed by atoms with Gasteiger partial charge in [-0.3, -0.25) is 0 Å². The molecular weight excluding hydrogens is 1350 g/mol. The van der Waals surface area contributed by atoms with E-state index in [0.29, 0.717) is 0 Å². The zero-order chi connectivity index (χ0) is 72.2. The Bertz CT molecular complexity index is 6760. The summed E-state index contributed by atoms with van der Waals surface area (Å²) in [5.41, 5.74) is 39.3. The van der Waals surface area contributed by atoms with E-state index >= 15 is 0 Å². The van der Waals surface area contributed by atoms with E-state index in [1.54, 1.807) is 0 Å². The number of nitrogens with zero attached hydrogens (tertiary/aromatic N) is 6. The van der Waals surface area contributed by atoms with Gasteiger partial charge in [0.2, 0.25) is 6.71 Å². The van der Waals surface area contributed by atoms with Crippen molar-refractivity contribution in [2.75, 3.05) is 29.4 Å². The van der Waals surface area contributed by atoms with Gasteiger partial charge in [0.1, 0.15) is 5.58 Å². The molecule has 0 amide bonds. The van der Waals surface area contributed by atoms with Crippen molar-refractivity contribution in [3.63, 3.8) is 0 Å². The van der Waals surface area contributed by atoms with Crippen LogP contribution in [0.3, 0.4) is 0 Å². The Labute approximate surface area is 643 Å². The van der Waals surface area contributed by atoms with E-state index in [1.807, 2.05) is 11.3 Å². The van der Waals surface area contributed by atoms with Crippen LogP contribution in [-0.2, 0) is 5.41 Å². The van der Waals surface area contributed by atoms with Crippen LogP contribution in [0.2, 0.25) is 0 Å². The Morgan fingerprint density at radius 2 is 0.645 bits per heavy atom. The molecule has 6 aliphatic heterocycles. The zero-order valence-electron chi connectivity index (χ0n) is 60.3. The van der Waals surface area contributed by atoms with Gasteiger partial charge in [0, 0.05) is 122 Å². The number of anilines is 17. The van der Waals surface area contributed by atoms with Crippen LogP contribution in [0.5, 0.6) is 0 Å². The highest BCUT2D eigenvalue weighted by atomic mass is 32.1. The maximum absolute atomic E-state index is 7.01. The molecule has 17 aromatic rings. The van der Waals surface area contributed by atoms with Crippen LogP contribution in [0.1, 0.15) is 25.0 Å². The van der Waals surface area contributed by atoms with Gasteiger partial charge in [0.25, 0.3) is 13.4 Å². The Balaban J connectivity index is 0.570. The van der Waals surface area contributed by atoms with Crippen molar-refractivity contribution < 1.29 is 4.42 Å². The van der Waals surface area contributed by atoms with E-state index in [2.05, 4.69) is 401 Å². The molecule has 512 valence electrons. The molecule has 0 spiro atoms. The van der Waals surface area contributed by atoms with Crippen LogP contribution >= 0.6 is 11.3 Å². The molecule has 24 rings (SSSR count). The third-order valence-corrected chi connectivity index (χ3v) is 25.8. The van der Waals surface area contributed by atoms with Gasteiger partial charge < -0.3 is 33.8 Å². The summed E-state index contributed by atoms with van der Waals surface area (Å²) >= 11 is 1.93. The fraction of sp³-hybridized carbons (Fsp3) is 0.0303. The van der Waals surface area contributed by atoms with E-state index < -0.39 is 0 Å². The number of rotatable bonds is 8. The fourth-order valence-corrected chi connectivity index (χ4v) is 21.4. The SMILES string of the molecule is CC1(C)C2=C(c3ccccc31)N(c1ccc(-c3ccc(N4c5ccccc5B5c6sc7ccccc7c6N(c6ccc(-c7ccc(N8c9ccccc9B9c%10oc%11ccccc%11c%10N(c%10ccccc%10)c%10cccc8c%109)cc7)cc6)c6cccc4c65)cc3)cc1)c1cccc3c1B2c1ccccc1N3c1ccccc1. The van der Waals surface area contributed by atoms with Crippen LogP contribution in [0.15, 0.2) is 368 Å². The maximum atomic E-state index is 7.01. The van der Waals surface area contributed by atoms with Crippen LogP contribution in [-0.4, -0.2) is 20.1 Å². The van der Waals surface area contributed by atoms with Crippen molar-refractivity contribution in [3.05, 3.63) is 375 Å². The van der Waals surface area contributed by atoms with Gasteiger partial charge in [0.05, 0.1) is 17.0 Å². The zero-order valence-corrected chi connectivity index (χ0v) is 61.1. The molecule has 0 N–H and O–H groups in total. The highest BCUT2D eigenvalue weighted by Gasteiger charge is 2.54. The van der Waals surface area contributed by atoms with Gasteiger partial charge in [-0.1, -0.05) is 232 Å². The molecule has 8 heterocycles. The fourth-order valence-electron chi connectivity index (χ4n) is 20.1. The van der Waals surface area contributed by atoms with Gasteiger partial charge in [-0.05, 0) is 206 Å². The molecule has 1 aliphatic carbocycles. The maximum Gasteiger partial charge on any atom is 0.297 e. The van der Waals surface area contributed by atoms with Gasteiger partial charge in [-0.2, -0.15) is 0 Å². The predicted molar refractivity (Wildman–Crippen MR) is 465 cm³/mol.